The highest BCUT2D eigenvalue weighted by Crippen LogP contribution is 2.24. The summed E-state index contributed by atoms with van der Waals surface area (Å²) >= 11 is 3.38. The monoisotopic (exact) mass is 372 g/mol. The van der Waals surface area contributed by atoms with Crippen LogP contribution in [0.15, 0.2) is 57.8 Å². The number of pyridine rings is 1. The molecule has 0 atom stereocenters. The summed E-state index contributed by atoms with van der Waals surface area (Å²) < 4.78 is 6.06. The van der Waals surface area contributed by atoms with Crippen molar-refractivity contribution in [3.63, 3.8) is 0 Å². The number of hydrogen-bond acceptors (Lipinski definition) is 3. The molecule has 0 saturated heterocycles. The van der Waals surface area contributed by atoms with E-state index in [9.17, 15) is 9.59 Å². The number of para-hydroxylation sites is 2. The van der Waals surface area contributed by atoms with Crippen molar-refractivity contribution < 1.29 is 9.53 Å². The van der Waals surface area contributed by atoms with E-state index < -0.39 is 11.5 Å². The predicted octanol–water partition coefficient (Wildman–Crippen LogP) is 3.55. The molecule has 0 aliphatic heterocycles. The Hall–Kier alpha value is -2.60. The van der Waals surface area contributed by atoms with Gasteiger partial charge in [-0.2, -0.15) is 0 Å². The first-order valence-electron chi connectivity index (χ1n) is 6.85. The largest absolute Gasteiger partial charge is 0.495 e. The Morgan fingerprint density at radius 2 is 1.96 bits per heavy atom. The zero-order valence-corrected chi connectivity index (χ0v) is 13.8. The summed E-state index contributed by atoms with van der Waals surface area (Å²) in [6.45, 7) is 0. The number of carbonyl (C=O) groups excluding carboxylic acids is 1. The number of rotatable bonds is 3. The number of halogens is 1. The molecule has 3 aromatic rings. The van der Waals surface area contributed by atoms with Crippen molar-refractivity contribution in [3.8, 4) is 5.75 Å². The van der Waals surface area contributed by atoms with Crippen molar-refractivity contribution in [2.45, 2.75) is 0 Å². The Bertz CT molecular complexity index is 950. The third-order valence-electron chi connectivity index (χ3n) is 3.41. The number of fused-ring (bicyclic) bond motifs is 1. The number of hydrogen-bond donors (Lipinski definition) is 2. The normalized spacial score (nSPS) is 10.5. The van der Waals surface area contributed by atoms with Gasteiger partial charge in [0.05, 0.1) is 12.8 Å². The van der Waals surface area contributed by atoms with Crippen molar-refractivity contribution in [1.29, 1.82) is 0 Å². The second-order valence-corrected chi connectivity index (χ2v) is 5.81. The molecule has 5 nitrogen and oxygen atoms in total. The number of anilines is 1. The molecule has 1 aromatic heterocycles. The lowest BCUT2D eigenvalue weighted by Gasteiger charge is -2.10. The molecule has 0 saturated carbocycles. The molecule has 23 heavy (non-hydrogen) atoms. The van der Waals surface area contributed by atoms with Gasteiger partial charge in [0.2, 0.25) is 0 Å². The smallest absolute Gasteiger partial charge is 0.261 e. The lowest BCUT2D eigenvalue weighted by Crippen LogP contribution is -2.23. The highest BCUT2D eigenvalue weighted by molar-refractivity contribution is 9.10. The van der Waals surface area contributed by atoms with Crippen molar-refractivity contribution in [2.24, 2.45) is 0 Å². The van der Waals surface area contributed by atoms with Crippen LogP contribution in [0.3, 0.4) is 0 Å². The molecule has 0 radical (unpaired) electrons. The fourth-order valence-electron chi connectivity index (χ4n) is 2.28. The van der Waals surface area contributed by atoms with Crippen LogP contribution in [-0.2, 0) is 0 Å². The maximum Gasteiger partial charge on any atom is 0.261 e. The molecule has 0 bridgehead atoms. The van der Waals surface area contributed by atoms with Gasteiger partial charge in [0.1, 0.15) is 11.3 Å². The third kappa shape index (κ3) is 3.12. The SMILES string of the molecule is COc1ccccc1NC(=O)c1cc2cc(Br)ccc2[nH]c1=O. The minimum Gasteiger partial charge on any atom is -0.495 e. The summed E-state index contributed by atoms with van der Waals surface area (Å²) in [5.74, 6) is 0.0402. The molecule has 116 valence electrons. The van der Waals surface area contributed by atoms with Gasteiger partial charge in [-0.05, 0) is 36.4 Å². The zero-order chi connectivity index (χ0) is 16.4. The van der Waals surface area contributed by atoms with Crippen LogP contribution < -0.4 is 15.6 Å². The van der Waals surface area contributed by atoms with Gasteiger partial charge < -0.3 is 15.0 Å². The second kappa shape index (κ2) is 6.26. The fraction of sp³-hybridized carbons (Fsp3) is 0.0588. The van der Waals surface area contributed by atoms with E-state index in [-0.39, 0.29) is 5.56 Å². The summed E-state index contributed by atoms with van der Waals surface area (Å²) in [4.78, 5) is 27.3. The molecule has 0 unspecified atom stereocenters. The van der Waals surface area contributed by atoms with Crippen molar-refractivity contribution >= 4 is 38.4 Å². The summed E-state index contributed by atoms with van der Waals surface area (Å²) in [5, 5.41) is 3.47. The average Bonchev–Trinajstić information content (AvgIpc) is 2.55. The van der Waals surface area contributed by atoms with E-state index in [1.165, 1.54) is 7.11 Å². The number of methoxy groups -OCH3 is 1. The minimum absolute atomic E-state index is 0.0431. The summed E-state index contributed by atoms with van der Waals surface area (Å²) in [7, 11) is 1.52. The molecule has 0 spiro atoms. The maximum absolute atomic E-state index is 12.4. The van der Waals surface area contributed by atoms with Gasteiger partial charge in [0.25, 0.3) is 11.5 Å². The lowest BCUT2D eigenvalue weighted by molar-refractivity contribution is 0.102. The van der Waals surface area contributed by atoms with Gasteiger partial charge in [0.15, 0.2) is 0 Å². The van der Waals surface area contributed by atoms with Crippen LogP contribution in [0.5, 0.6) is 5.75 Å². The van der Waals surface area contributed by atoms with Crippen LogP contribution >= 0.6 is 15.9 Å². The Balaban J connectivity index is 2.00. The number of nitrogens with one attached hydrogen (secondary N) is 2. The standard InChI is InChI=1S/C17H13BrN2O3/c1-23-15-5-3-2-4-14(15)20-17(22)12-9-10-8-11(18)6-7-13(10)19-16(12)21/h2-9H,1H3,(H,19,21)(H,20,22). The molecule has 0 aliphatic rings. The maximum atomic E-state index is 12.4. The van der Waals surface area contributed by atoms with Crippen LogP contribution in [0.25, 0.3) is 10.9 Å². The van der Waals surface area contributed by atoms with E-state index in [4.69, 9.17) is 4.74 Å². The molecular formula is C17H13BrN2O3. The Morgan fingerprint density at radius 1 is 1.17 bits per heavy atom. The molecule has 2 N–H and O–H groups in total. The van der Waals surface area contributed by atoms with Crippen LogP contribution in [0.2, 0.25) is 0 Å². The van der Waals surface area contributed by atoms with Gasteiger partial charge in [-0.15, -0.1) is 0 Å². The summed E-state index contributed by atoms with van der Waals surface area (Å²) in [6.07, 6.45) is 0. The first-order valence-corrected chi connectivity index (χ1v) is 7.65. The first-order chi connectivity index (χ1) is 11.1. The molecular weight excluding hydrogens is 360 g/mol. The fourth-order valence-corrected chi connectivity index (χ4v) is 2.66. The van der Waals surface area contributed by atoms with E-state index in [2.05, 4.69) is 26.2 Å². The third-order valence-corrected chi connectivity index (χ3v) is 3.90. The Morgan fingerprint density at radius 3 is 2.74 bits per heavy atom. The molecule has 1 heterocycles. The van der Waals surface area contributed by atoms with E-state index in [0.717, 1.165) is 9.86 Å². The zero-order valence-electron chi connectivity index (χ0n) is 12.2. The number of aromatic nitrogens is 1. The molecule has 6 heteroatoms. The number of amides is 1. The van der Waals surface area contributed by atoms with Crippen molar-refractivity contribution in [2.75, 3.05) is 12.4 Å². The van der Waals surface area contributed by atoms with Gasteiger partial charge in [-0.3, -0.25) is 9.59 Å². The first kappa shape index (κ1) is 15.3. The van der Waals surface area contributed by atoms with Gasteiger partial charge in [-0.1, -0.05) is 28.1 Å². The van der Waals surface area contributed by atoms with Crippen LogP contribution in [-0.4, -0.2) is 18.0 Å². The molecule has 0 aliphatic carbocycles. The van der Waals surface area contributed by atoms with Gasteiger partial charge in [0, 0.05) is 15.4 Å². The molecule has 0 fully saturated rings. The Kier molecular flexibility index (Phi) is 4.16. The van der Waals surface area contributed by atoms with Crippen LogP contribution in [0.4, 0.5) is 5.69 Å². The highest BCUT2D eigenvalue weighted by Gasteiger charge is 2.14. The number of carbonyl (C=O) groups is 1. The van der Waals surface area contributed by atoms with E-state index in [0.29, 0.717) is 17.0 Å². The number of ether oxygens (including phenoxy) is 1. The number of benzene rings is 2. The second-order valence-electron chi connectivity index (χ2n) is 4.90. The molecule has 2 aromatic carbocycles. The minimum atomic E-state index is -0.488. The van der Waals surface area contributed by atoms with Crippen LogP contribution in [0.1, 0.15) is 10.4 Å². The molecule has 3 rings (SSSR count). The van der Waals surface area contributed by atoms with E-state index >= 15 is 0 Å². The highest BCUT2D eigenvalue weighted by atomic mass is 79.9. The number of H-pyrrole nitrogens is 1. The van der Waals surface area contributed by atoms with Gasteiger partial charge in [-0.25, -0.2) is 0 Å². The Labute approximate surface area is 140 Å². The summed E-state index contributed by atoms with van der Waals surface area (Å²) in [6, 6.07) is 14.0. The van der Waals surface area contributed by atoms with Gasteiger partial charge >= 0.3 is 0 Å². The molecule has 1 amide bonds. The number of aromatic amines is 1. The van der Waals surface area contributed by atoms with Crippen molar-refractivity contribution in [1.82, 2.24) is 4.98 Å². The predicted molar refractivity (Wildman–Crippen MR) is 93.2 cm³/mol. The van der Waals surface area contributed by atoms with Crippen LogP contribution in [0, 0.1) is 0 Å². The topological polar surface area (TPSA) is 71.2 Å². The summed E-state index contributed by atoms with van der Waals surface area (Å²) in [5.41, 5.74) is 0.787. The van der Waals surface area contributed by atoms with Crippen molar-refractivity contribution in [3.05, 3.63) is 68.9 Å². The quantitative estimate of drug-likeness (QED) is 0.738. The lowest BCUT2D eigenvalue weighted by atomic mass is 10.1. The van der Waals surface area contributed by atoms with E-state index in [1.54, 1.807) is 36.4 Å². The average molecular weight is 373 g/mol. The van der Waals surface area contributed by atoms with E-state index in [1.807, 2.05) is 12.1 Å².